The highest BCUT2D eigenvalue weighted by atomic mass is 31.2. The monoisotopic (exact) mass is 344 g/mol. The third-order valence-corrected chi connectivity index (χ3v) is 6.79. The van der Waals surface area contributed by atoms with Crippen molar-refractivity contribution in [3.63, 3.8) is 0 Å². The van der Waals surface area contributed by atoms with Crippen molar-refractivity contribution in [2.24, 2.45) is 0 Å². The number of rotatable bonds is 0. The molecule has 0 aliphatic carbocycles. The summed E-state index contributed by atoms with van der Waals surface area (Å²) in [5, 5.41) is 4.63. The van der Waals surface area contributed by atoms with Crippen molar-refractivity contribution >= 4 is 28.9 Å². The minimum absolute atomic E-state index is 0.232. The van der Waals surface area contributed by atoms with Crippen LogP contribution in [-0.2, 0) is 16.9 Å². The average molecular weight is 344 g/mol. The summed E-state index contributed by atoms with van der Waals surface area (Å²) in [5.74, 6) is 0. The fourth-order valence-electron chi connectivity index (χ4n) is 4.08. The average Bonchev–Trinajstić information content (AvgIpc) is 2.73. The van der Waals surface area contributed by atoms with Gasteiger partial charge in [0.05, 0.1) is 12.3 Å². The molecule has 4 aromatic carbocycles. The van der Waals surface area contributed by atoms with Crippen LogP contribution in [0.5, 0.6) is 0 Å². The van der Waals surface area contributed by atoms with Crippen molar-refractivity contribution in [1.29, 1.82) is 0 Å². The summed E-state index contributed by atoms with van der Waals surface area (Å²) in [7, 11) is -3.25. The molecular weight excluding hydrogens is 327 g/mol. The van der Waals surface area contributed by atoms with E-state index < -0.39 is 7.37 Å². The van der Waals surface area contributed by atoms with E-state index in [1.807, 2.05) is 36.4 Å². The van der Waals surface area contributed by atoms with Crippen molar-refractivity contribution in [3.8, 4) is 11.1 Å². The first-order chi connectivity index (χ1) is 12.1. The lowest BCUT2D eigenvalue weighted by Crippen LogP contribution is -1.92. The summed E-state index contributed by atoms with van der Waals surface area (Å²) in [6.45, 7) is 0. The second-order valence-corrected chi connectivity index (χ2v) is 9.13. The molecule has 25 heavy (non-hydrogen) atoms. The Kier molecular flexibility index (Phi) is 3.15. The molecule has 1 aliphatic rings. The number of hydrogen-bond acceptors (Lipinski definition) is 1. The minimum atomic E-state index is -3.25. The largest absolute Gasteiger partial charge is 0.344 e. The Balaban J connectivity index is 2.02. The molecule has 1 aliphatic heterocycles. The van der Waals surface area contributed by atoms with Gasteiger partial charge in [0, 0.05) is 0 Å². The Morgan fingerprint density at radius 2 is 1.08 bits per heavy atom. The van der Waals surface area contributed by atoms with Crippen LogP contribution >= 0.6 is 7.37 Å². The smallest absolute Gasteiger partial charge is 0.209 e. The Labute approximate surface area is 146 Å². The van der Waals surface area contributed by atoms with Gasteiger partial charge in [0.1, 0.15) is 0 Å². The number of fused-ring (bicyclic) bond motifs is 7. The van der Waals surface area contributed by atoms with Gasteiger partial charge in [0.2, 0.25) is 7.37 Å². The van der Waals surface area contributed by atoms with Gasteiger partial charge in [-0.2, -0.15) is 0 Å². The van der Waals surface area contributed by atoms with Crippen LogP contribution in [0, 0.1) is 0 Å². The summed E-state index contributed by atoms with van der Waals surface area (Å²) in [4.78, 5) is 10.5. The summed E-state index contributed by atoms with van der Waals surface area (Å²) in [5.41, 5.74) is 4.19. The molecule has 122 valence electrons. The van der Waals surface area contributed by atoms with E-state index in [4.69, 9.17) is 0 Å². The van der Waals surface area contributed by atoms with Gasteiger partial charge < -0.3 is 4.89 Å². The molecule has 2 nitrogen and oxygen atoms in total. The Morgan fingerprint density at radius 1 is 0.640 bits per heavy atom. The molecule has 0 bridgehead atoms. The molecule has 0 spiro atoms. The van der Waals surface area contributed by atoms with Gasteiger partial charge in [-0.05, 0) is 43.8 Å². The van der Waals surface area contributed by atoms with Gasteiger partial charge in [-0.3, -0.25) is 4.57 Å². The lowest BCUT2D eigenvalue weighted by atomic mass is 9.88. The molecule has 0 aromatic heterocycles. The molecule has 5 rings (SSSR count). The molecule has 4 aromatic rings. The first-order valence-corrected chi connectivity index (χ1v) is 10.5. The zero-order valence-corrected chi connectivity index (χ0v) is 14.5. The summed E-state index contributed by atoms with van der Waals surface area (Å²) >= 11 is 0. The van der Waals surface area contributed by atoms with E-state index in [0.717, 1.165) is 43.8 Å². The zero-order chi connectivity index (χ0) is 17.0. The van der Waals surface area contributed by atoms with Crippen LogP contribution in [0.15, 0.2) is 72.8 Å². The van der Waals surface area contributed by atoms with Gasteiger partial charge in [-0.15, -0.1) is 0 Å². The maximum Gasteiger partial charge on any atom is 0.209 e. The molecule has 0 saturated heterocycles. The van der Waals surface area contributed by atoms with Crippen molar-refractivity contribution in [3.05, 3.63) is 83.9 Å². The van der Waals surface area contributed by atoms with Gasteiger partial charge in [-0.25, -0.2) is 0 Å². The molecule has 3 heteroatoms. The standard InChI is InChI=1S/C22H17O2P/c23-25(24)13-17-11-9-15-5-1-3-7-19(15)21(17)22-18(14-25)12-10-16-6-2-4-8-20(16)22/h1-12H,13-14H2,(H,23,24). The van der Waals surface area contributed by atoms with Gasteiger partial charge in [0.25, 0.3) is 0 Å². The van der Waals surface area contributed by atoms with Crippen LogP contribution < -0.4 is 0 Å². The van der Waals surface area contributed by atoms with E-state index in [0.29, 0.717) is 0 Å². The van der Waals surface area contributed by atoms with Gasteiger partial charge in [-0.1, -0.05) is 72.8 Å². The van der Waals surface area contributed by atoms with E-state index in [2.05, 4.69) is 36.4 Å². The molecule has 0 amide bonds. The molecular formula is C22H17O2P. The van der Waals surface area contributed by atoms with E-state index in [9.17, 15) is 9.46 Å². The Bertz CT molecular complexity index is 1100. The summed E-state index contributed by atoms with van der Waals surface area (Å²) < 4.78 is 12.8. The molecule has 0 atom stereocenters. The summed E-state index contributed by atoms with van der Waals surface area (Å²) in [6, 6.07) is 24.8. The molecule has 0 radical (unpaired) electrons. The second-order valence-electron chi connectivity index (χ2n) is 6.80. The van der Waals surface area contributed by atoms with Crippen molar-refractivity contribution < 1.29 is 9.46 Å². The first kappa shape index (κ1) is 14.9. The lowest BCUT2D eigenvalue weighted by Gasteiger charge is -2.15. The Hall–Kier alpha value is -2.41. The number of hydrogen-bond donors (Lipinski definition) is 1. The van der Waals surface area contributed by atoms with Crippen molar-refractivity contribution in [2.45, 2.75) is 12.3 Å². The van der Waals surface area contributed by atoms with Gasteiger partial charge in [0.15, 0.2) is 0 Å². The van der Waals surface area contributed by atoms with Crippen molar-refractivity contribution in [1.82, 2.24) is 0 Å². The van der Waals surface area contributed by atoms with Crippen LogP contribution in [-0.4, -0.2) is 4.89 Å². The predicted molar refractivity (Wildman–Crippen MR) is 104 cm³/mol. The molecule has 0 unspecified atom stereocenters. The fraction of sp³-hybridized carbons (Fsp3) is 0.0909. The first-order valence-electron chi connectivity index (χ1n) is 8.45. The molecule has 0 fully saturated rings. The van der Waals surface area contributed by atoms with Crippen LogP contribution in [0.3, 0.4) is 0 Å². The fourth-order valence-corrected chi connectivity index (χ4v) is 5.78. The quantitative estimate of drug-likeness (QED) is 0.401. The topological polar surface area (TPSA) is 37.3 Å². The normalized spacial score (nSPS) is 15.6. The van der Waals surface area contributed by atoms with Crippen LogP contribution in [0.25, 0.3) is 32.7 Å². The molecule has 1 N–H and O–H groups in total. The minimum Gasteiger partial charge on any atom is -0.344 e. The van der Waals surface area contributed by atoms with Crippen LogP contribution in [0.2, 0.25) is 0 Å². The highest BCUT2D eigenvalue weighted by Crippen LogP contribution is 2.55. The maximum atomic E-state index is 12.8. The van der Waals surface area contributed by atoms with E-state index in [1.54, 1.807) is 0 Å². The van der Waals surface area contributed by atoms with E-state index in [-0.39, 0.29) is 12.3 Å². The van der Waals surface area contributed by atoms with E-state index in [1.165, 1.54) is 0 Å². The maximum absolute atomic E-state index is 12.8. The third kappa shape index (κ3) is 2.33. The Morgan fingerprint density at radius 3 is 1.56 bits per heavy atom. The summed E-state index contributed by atoms with van der Waals surface area (Å²) in [6.07, 6.45) is 0.465. The molecule has 1 heterocycles. The highest BCUT2D eigenvalue weighted by molar-refractivity contribution is 7.56. The van der Waals surface area contributed by atoms with Crippen LogP contribution in [0.1, 0.15) is 11.1 Å². The number of benzene rings is 4. The predicted octanol–water partition coefficient (Wildman–Crippen LogP) is 5.94. The van der Waals surface area contributed by atoms with E-state index >= 15 is 0 Å². The lowest BCUT2D eigenvalue weighted by molar-refractivity contribution is 0.476. The highest BCUT2D eigenvalue weighted by Gasteiger charge is 2.29. The molecule has 0 saturated carbocycles. The zero-order valence-electron chi connectivity index (χ0n) is 13.6. The van der Waals surface area contributed by atoms with Crippen molar-refractivity contribution in [2.75, 3.05) is 0 Å². The SMILES string of the molecule is O=P1(O)Cc2ccc3ccccc3c2-c2c(ccc3ccccc23)C1. The van der Waals surface area contributed by atoms with Gasteiger partial charge >= 0.3 is 0 Å². The third-order valence-electron chi connectivity index (χ3n) is 5.12. The second kappa shape index (κ2) is 5.29. The van der Waals surface area contributed by atoms with Crippen LogP contribution in [0.4, 0.5) is 0 Å².